The Morgan fingerprint density at radius 3 is 2.86 bits per heavy atom. The zero-order valence-corrected chi connectivity index (χ0v) is 14.0. The number of hydrogen-bond acceptors (Lipinski definition) is 5. The molecule has 0 saturated carbocycles. The van der Waals surface area contributed by atoms with E-state index in [1.165, 1.54) is 6.07 Å². The number of thioether (sulfide) groups is 1. The molecule has 0 spiro atoms. The fourth-order valence-corrected chi connectivity index (χ4v) is 3.23. The summed E-state index contributed by atoms with van der Waals surface area (Å²) in [5.74, 6) is 2.02. The van der Waals surface area contributed by atoms with Gasteiger partial charge in [-0.2, -0.15) is 11.8 Å². The van der Waals surface area contributed by atoms with E-state index in [0.29, 0.717) is 12.0 Å². The van der Waals surface area contributed by atoms with Gasteiger partial charge in [-0.3, -0.25) is 14.9 Å². The molecule has 22 heavy (non-hydrogen) atoms. The maximum absolute atomic E-state index is 12.2. The van der Waals surface area contributed by atoms with E-state index in [4.69, 9.17) is 0 Å². The third-order valence-electron chi connectivity index (χ3n) is 3.44. The maximum Gasteiger partial charge on any atom is 0.274 e. The first-order valence-corrected chi connectivity index (χ1v) is 8.01. The number of para-hydroxylation sites is 1. The number of carbonyl (C=O) groups is 1. The van der Waals surface area contributed by atoms with Crippen LogP contribution in [-0.2, 0) is 11.3 Å². The first-order chi connectivity index (χ1) is 10.1. The lowest BCUT2D eigenvalue weighted by Gasteiger charge is -2.25. The van der Waals surface area contributed by atoms with Crippen LogP contribution in [0.4, 0.5) is 5.69 Å². The first-order valence-electron chi connectivity index (χ1n) is 6.85. The smallest absolute Gasteiger partial charge is 0.274 e. The van der Waals surface area contributed by atoms with Crippen LogP contribution in [0.25, 0.3) is 0 Å². The molecule has 1 N–H and O–H groups in total. The van der Waals surface area contributed by atoms with Crippen molar-refractivity contribution in [3.05, 3.63) is 39.9 Å². The lowest BCUT2D eigenvalue weighted by atomic mass is 10.1. The summed E-state index contributed by atoms with van der Waals surface area (Å²) in [6, 6.07) is 6.74. The molecular weight excluding hydrogens is 326 g/mol. The highest BCUT2D eigenvalue weighted by Gasteiger charge is 2.21. The topological polar surface area (TPSA) is 75.5 Å². The molecule has 1 fully saturated rings. The molecule has 0 radical (unpaired) electrons. The van der Waals surface area contributed by atoms with Crippen LogP contribution >= 0.6 is 24.2 Å². The maximum atomic E-state index is 12.2. The molecule has 8 heteroatoms. The Morgan fingerprint density at radius 1 is 1.50 bits per heavy atom. The average Bonchev–Trinajstić information content (AvgIpc) is 2.48. The van der Waals surface area contributed by atoms with E-state index in [1.54, 1.807) is 30.1 Å². The van der Waals surface area contributed by atoms with Crippen molar-refractivity contribution in [3.8, 4) is 0 Å². The zero-order chi connectivity index (χ0) is 15.2. The molecular formula is C14H20ClN3O3S. The van der Waals surface area contributed by atoms with Gasteiger partial charge in [0.1, 0.15) is 0 Å². The minimum absolute atomic E-state index is 0. The molecule has 0 bridgehead atoms. The fourth-order valence-electron chi connectivity index (χ4n) is 2.28. The van der Waals surface area contributed by atoms with Crippen LogP contribution in [-0.4, -0.2) is 46.9 Å². The van der Waals surface area contributed by atoms with Crippen LogP contribution in [0.15, 0.2) is 24.3 Å². The quantitative estimate of drug-likeness (QED) is 0.653. The Labute approximate surface area is 140 Å². The minimum atomic E-state index is -0.410. The average molecular weight is 346 g/mol. The van der Waals surface area contributed by atoms with Crippen molar-refractivity contribution in [1.29, 1.82) is 0 Å². The van der Waals surface area contributed by atoms with Gasteiger partial charge in [0.25, 0.3) is 5.69 Å². The number of hydrogen-bond donors (Lipinski definition) is 1. The molecule has 1 heterocycles. The normalized spacial score (nSPS) is 17.4. The number of nitrogens with one attached hydrogen (secondary N) is 1. The van der Waals surface area contributed by atoms with E-state index in [9.17, 15) is 14.9 Å². The Morgan fingerprint density at radius 2 is 2.23 bits per heavy atom. The van der Waals surface area contributed by atoms with Crippen LogP contribution < -0.4 is 5.32 Å². The van der Waals surface area contributed by atoms with Crippen LogP contribution in [0.1, 0.15) is 12.0 Å². The molecule has 0 aliphatic carbocycles. The Hall–Kier alpha value is -1.31. The Kier molecular flexibility index (Phi) is 7.64. The SMILES string of the molecule is CN(Cc1ccccc1[N+](=O)[O-])C(=O)CC1CSCCN1.Cl. The summed E-state index contributed by atoms with van der Waals surface area (Å²) in [7, 11) is 1.69. The number of nitro groups is 1. The molecule has 2 rings (SSSR count). The molecule has 1 aromatic carbocycles. The van der Waals surface area contributed by atoms with Crippen molar-refractivity contribution in [3.63, 3.8) is 0 Å². The van der Waals surface area contributed by atoms with Crippen molar-refractivity contribution >= 4 is 35.8 Å². The summed E-state index contributed by atoms with van der Waals surface area (Å²) in [4.78, 5) is 24.3. The van der Waals surface area contributed by atoms with Gasteiger partial charge >= 0.3 is 0 Å². The van der Waals surface area contributed by atoms with Gasteiger partial charge in [0.2, 0.25) is 5.91 Å². The zero-order valence-electron chi connectivity index (χ0n) is 12.4. The number of benzene rings is 1. The fraction of sp³-hybridized carbons (Fsp3) is 0.500. The second-order valence-electron chi connectivity index (χ2n) is 5.07. The molecule has 1 saturated heterocycles. The lowest BCUT2D eigenvalue weighted by Crippen LogP contribution is -2.41. The van der Waals surface area contributed by atoms with Crippen LogP contribution in [0.5, 0.6) is 0 Å². The summed E-state index contributed by atoms with van der Waals surface area (Å²) >= 11 is 1.84. The number of nitrogens with zero attached hydrogens (tertiary/aromatic N) is 2. The summed E-state index contributed by atoms with van der Waals surface area (Å²) in [5.41, 5.74) is 0.618. The van der Waals surface area contributed by atoms with E-state index in [2.05, 4.69) is 5.32 Å². The molecule has 1 unspecified atom stereocenters. The number of rotatable bonds is 5. The van der Waals surface area contributed by atoms with E-state index >= 15 is 0 Å². The molecule has 1 aliphatic rings. The molecule has 1 atom stereocenters. The monoisotopic (exact) mass is 345 g/mol. The molecule has 1 aliphatic heterocycles. The molecule has 0 aromatic heterocycles. The molecule has 6 nitrogen and oxygen atoms in total. The van der Waals surface area contributed by atoms with E-state index in [0.717, 1.165) is 18.1 Å². The van der Waals surface area contributed by atoms with Crippen LogP contribution in [0.2, 0.25) is 0 Å². The predicted molar refractivity (Wildman–Crippen MR) is 90.6 cm³/mol. The highest BCUT2D eigenvalue weighted by molar-refractivity contribution is 7.99. The summed E-state index contributed by atoms with van der Waals surface area (Å²) in [6.07, 6.45) is 0.435. The van der Waals surface area contributed by atoms with Crippen molar-refractivity contribution < 1.29 is 9.72 Å². The number of nitro benzene ring substituents is 1. The second-order valence-corrected chi connectivity index (χ2v) is 6.22. The van der Waals surface area contributed by atoms with Gasteiger partial charge in [0, 0.05) is 49.2 Å². The predicted octanol–water partition coefficient (Wildman–Crippen LogP) is 2.07. The van der Waals surface area contributed by atoms with Gasteiger partial charge in [-0.15, -0.1) is 12.4 Å². The van der Waals surface area contributed by atoms with Crippen molar-refractivity contribution in [2.24, 2.45) is 0 Å². The minimum Gasteiger partial charge on any atom is -0.341 e. The standard InChI is InChI=1S/C14H19N3O3S.ClH/c1-16(14(18)8-12-10-21-7-6-15-12)9-11-4-2-3-5-13(11)17(19)20;/h2-5,12,15H,6-10H2,1H3;1H. The van der Waals surface area contributed by atoms with Crippen molar-refractivity contribution in [1.82, 2.24) is 10.2 Å². The third kappa shape index (κ3) is 5.15. The van der Waals surface area contributed by atoms with E-state index < -0.39 is 4.92 Å². The van der Waals surface area contributed by atoms with Gasteiger partial charge < -0.3 is 10.2 Å². The number of carbonyl (C=O) groups excluding carboxylic acids is 1. The molecule has 122 valence electrons. The van der Waals surface area contributed by atoms with Gasteiger partial charge in [-0.1, -0.05) is 18.2 Å². The summed E-state index contributed by atoms with van der Waals surface area (Å²) in [6.45, 7) is 1.19. The van der Waals surface area contributed by atoms with Gasteiger partial charge in [0.05, 0.1) is 11.5 Å². The Balaban J connectivity index is 0.00000242. The van der Waals surface area contributed by atoms with Gasteiger partial charge in [-0.05, 0) is 0 Å². The third-order valence-corrected chi connectivity index (χ3v) is 4.57. The molecule has 1 amide bonds. The second kappa shape index (κ2) is 8.97. The van der Waals surface area contributed by atoms with E-state index in [1.807, 2.05) is 11.8 Å². The van der Waals surface area contributed by atoms with Gasteiger partial charge in [0.15, 0.2) is 0 Å². The lowest BCUT2D eigenvalue weighted by molar-refractivity contribution is -0.385. The first kappa shape index (κ1) is 18.7. The number of amides is 1. The van der Waals surface area contributed by atoms with Crippen molar-refractivity contribution in [2.75, 3.05) is 25.1 Å². The van der Waals surface area contributed by atoms with Gasteiger partial charge in [-0.25, -0.2) is 0 Å². The largest absolute Gasteiger partial charge is 0.341 e. The van der Waals surface area contributed by atoms with Crippen LogP contribution in [0, 0.1) is 10.1 Å². The van der Waals surface area contributed by atoms with E-state index in [-0.39, 0.29) is 36.6 Å². The highest BCUT2D eigenvalue weighted by Crippen LogP contribution is 2.19. The Bertz CT molecular complexity index is 524. The molecule has 1 aromatic rings. The van der Waals surface area contributed by atoms with Crippen molar-refractivity contribution in [2.45, 2.75) is 19.0 Å². The highest BCUT2D eigenvalue weighted by atomic mass is 35.5. The number of halogens is 1. The van der Waals surface area contributed by atoms with Crippen LogP contribution in [0.3, 0.4) is 0 Å². The summed E-state index contributed by atoms with van der Waals surface area (Å²) < 4.78 is 0. The summed E-state index contributed by atoms with van der Waals surface area (Å²) in [5, 5.41) is 14.3.